The van der Waals surface area contributed by atoms with Gasteiger partial charge >= 0.3 is 0 Å². The number of hydrogen-bond acceptors (Lipinski definition) is 5. The van der Waals surface area contributed by atoms with Gasteiger partial charge in [-0.25, -0.2) is 0 Å². The van der Waals surface area contributed by atoms with E-state index in [0.29, 0.717) is 6.04 Å². The van der Waals surface area contributed by atoms with Crippen molar-refractivity contribution in [2.45, 2.75) is 25.4 Å². The molecule has 1 N–H and O–H groups in total. The number of pyridine rings is 1. The number of carbonyl (C=O) groups excluding carboxylic acids is 1. The first-order valence-corrected chi connectivity index (χ1v) is 9.05. The number of nitrogens with one attached hydrogen (secondary N) is 1. The molecule has 0 saturated carbocycles. The maximum Gasteiger partial charge on any atom is 0.246 e. The Kier molecular flexibility index (Phi) is 5.81. The molecule has 3 rings (SSSR count). The SMILES string of the molecule is CCC1CNCCN1C(C(=O)N1CCN(C)CC1)c1ccccn1. The van der Waals surface area contributed by atoms with Crippen molar-refractivity contribution in [3.05, 3.63) is 30.1 Å². The third-order valence-corrected chi connectivity index (χ3v) is 5.22. The van der Waals surface area contributed by atoms with Crippen LogP contribution in [0.3, 0.4) is 0 Å². The highest BCUT2D eigenvalue weighted by Crippen LogP contribution is 2.26. The molecule has 3 heterocycles. The molecule has 0 bridgehead atoms. The monoisotopic (exact) mass is 331 g/mol. The molecule has 0 radical (unpaired) electrons. The van der Waals surface area contributed by atoms with Gasteiger partial charge in [0.25, 0.3) is 0 Å². The summed E-state index contributed by atoms with van der Waals surface area (Å²) < 4.78 is 0. The Morgan fingerprint density at radius 2 is 2.08 bits per heavy atom. The molecule has 2 unspecified atom stereocenters. The minimum absolute atomic E-state index is 0.210. The van der Waals surface area contributed by atoms with Crippen LogP contribution in [0.4, 0.5) is 0 Å². The second-order valence-electron chi connectivity index (χ2n) is 6.79. The smallest absolute Gasteiger partial charge is 0.246 e. The molecule has 1 aromatic rings. The van der Waals surface area contributed by atoms with Gasteiger partial charge in [0.1, 0.15) is 6.04 Å². The second kappa shape index (κ2) is 8.05. The summed E-state index contributed by atoms with van der Waals surface area (Å²) in [7, 11) is 2.11. The zero-order valence-electron chi connectivity index (χ0n) is 14.8. The summed E-state index contributed by atoms with van der Waals surface area (Å²) in [5.74, 6) is 0.210. The number of piperazine rings is 2. The van der Waals surface area contributed by atoms with Crippen molar-refractivity contribution >= 4 is 5.91 Å². The average Bonchev–Trinajstić information content (AvgIpc) is 2.64. The van der Waals surface area contributed by atoms with Crippen molar-refractivity contribution in [1.29, 1.82) is 0 Å². The van der Waals surface area contributed by atoms with Crippen LogP contribution < -0.4 is 5.32 Å². The summed E-state index contributed by atoms with van der Waals surface area (Å²) in [5, 5.41) is 3.45. The topological polar surface area (TPSA) is 51.7 Å². The minimum Gasteiger partial charge on any atom is -0.338 e. The highest BCUT2D eigenvalue weighted by molar-refractivity contribution is 5.83. The lowest BCUT2D eigenvalue weighted by atomic mass is 10.0. The lowest BCUT2D eigenvalue weighted by molar-refractivity contribution is -0.140. The fourth-order valence-electron chi connectivity index (χ4n) is 3.67. The molecule has 0 spiro atoms. The van der Waals surface area contributed by atoms with Gasteiger partial charge in [-0.1, -0.05) is 13.0 Å². The molecule has 1 aromatic heterocycles. The number of hydrogen-bond donors (Lipinski definition) is 1. The van der Waals surface area contributed by atoms with Crippen LogP contribution in [0.25, 0.3) is 0 Å². The predicted octanol–water partition coefficient (Wildman–Crippen LogP) is 0.581. The largest absolute Gasteiger partial charge is 0.338 e. The molecular weight excluding hydrogens is 302 g/mol. The lowest BCUT2D eigenvalue weighted by Gasteiger charge is -2.43. The summed E-state index contributed by atoms with van der Waals surface area (Å²) in [6.45, 7) is 8.45. The minimum atomic E-state index is -0.262. The van der Waals surface area contributed by atoms with Gasteiger partial charge in [-0.15, -0.1) is 0 Å². The molecular formula is C18H29N5O. The van der Waals surface area contributed by atoms with Crippen molar-refractivity contribution in [3.63, 3.8) is 0 Å². The molecule has 2 atom stereocenters. The fourth-order valence-corrected chi connectivity index (χ4v) is 3.67. The molecule has 2 aliphatic rings. The van der Waals surface area contributed by atoms with Gasteiger partial charge in [0.15, 0.2) is 0 Å². The molecule has 0 aromatic carbocycles. The van der Waals surface area contributed by atoms with Gasteiger partial charge in [0, 0.05) is 58.1 Å². The molecule has 1 amide bonds. The molecule has 6 nitrogen and oxygen atoms in total. The van der Waals surface area contributed by atoms with E-state index < -0.39 is 0 Å². The van der Waals surface area contributed by atoms with E-state index in [1.165, 1.54) is 0 Å². The van der Waals surface area contributed by atoms with Crippen LogP contribution >= 0.6 is 0 Å². The van der Waals surface area contributed by atoms with Gasteiger partial charge in [0.05, 0.1) is 5.69 Å². The van der Waals surface area contributed by atoms with Gasteiger partial charge in [-0.05, 0) is 25.6 Å². The van der Waals surface area contributed by atoms with Crippen molar-refractivity contribution in [3.8, 4) is 0 Å². The van der Waals surface area contributed by atoms with Gasteiger partial charge in [0.2, 0.25) is 5.91 Å². The van der Waals surface area contributed by atoms with Crippen LogP contribution in [0.2, 0.25) is 0 Å². The maximum absolute atomic E-state index is 13.4. The highest BCUT2D eigenvalue weighted by atomic mass is 16.2. The Bertz CT molecular complexity index is 529. The second-order valence-corrected chi connectivity index (χ2v) is 6.79. The van der Waals surface area contributed by atoms with E-state index >= 15 is 0 Å². The van der Waals surface area contributed by atoms with E-state index in [-0.39, 0.29) is 11.9 Å². The molecule has 6 heteroatoms. The van der Waals surface area contributed by atoms with Crippen LogP contribution in [0, 0.1) is 0 Å². The Morgan fingerprint density at radius 3 is 2.75 bits per heavy atom. The normalized spacial score (nSPS) is 24.8. The molecule has 0 aliphatic carbocycles. The predicted molar refractivity (Wildman–Crippen MR) is 94.7 cm³/mol. The van der Waals surface area contributed by atoms with Crippen LogP contribution in [-0.2, 0) is 4.79 Å². The zero-order chi connectivity index (χ0) is 16.9. The standard InChI is InChI=1S/C18H29N5O/c1-3-15-14-19-8-9-23(15)17(16-6-4-5-7-20-16)18(24)22-12-10-21(2)11-13-22/h4-7,15,17,19H,3,8-14H2,1-2H3. The van der Waals surface area contributed by atoms with Crippen molar-refractivity contribution in [2.24, 2.45) is 0 Å². The Balaban J connectivity index is 1.86. The van der Waals surface area contributed by atoms with Crippen molar-refractivity contribution < 1.29 is 4.79 Å². The Labute approximate surface area is 144 Å². The summed E-state index contributed by atoms with van der Waals surface area (Å²) in [4.78, 5) is 24.6. The molecule has 132 valence electrons. The number of carbonyl (C=O) groups is 1. The van der Waals surface area contributed by atoms with Gasteiger partial charge < -0.3 is 15.1 Å². The molecule has 2 saturated heterocycles. The lowest BCUT2D eigenvalue weighted by Crippen LogP contribution is -2.57. The van der Waals surface area contributed by atoms with E-state index in [2.05, 4.69) is 34.1 Å². The van der Waals surface area contributed by atoms with Crippen molar-refractivity contribution in [1.82, 2.24) is 25.0 Å². The summed E-state index contributed by atoms with van der Waals surface area (Å²) in [5.41, 5.74) is 0.877. The van der Waals surface area contributed by atoms with E-state index in [9.17, 15) is 4.79 Å². The third-order valence-electron chi connectivity index (χ3n) is 5.22. The van der Waals surface area contributed by atoms with E-state index in [0.717, 1.165) is 57.9 Å². The summed E-state index contributed by atoms with van der Waals surface area (Å²) in [6.07, 6.45) is 2.83. The quantitative estimate of drug-likeness (QED) is 0.875. The molecule has 24 heavy (non-hydrogen) atoms. The number of rotatable bonds is 4. The third kappa shape index (κ3) is 3.77. The van der Waals surface area contributed by atoms with Crippen LogP contribution in [-0.4, -0.2) is 84.5 Å². The van der Waals surface area contributed by atoms with Crippen LogP contribution in [0.15, 0.2) is 24.4 Å². The summed E-state index contributed by atoms with van der Waals surface area (Å²) in [6, 6.07) is 6.00. The first-order valence-electron chi connectivity index (χ1n) is 9.05. The van der Waals surface area contributed by atoms with Crippen LogP contribution in [0.5, 0.6) is 0 Å². The van der Waals surface area contributed by atoms with Crippen LogP contribution in [0.1, 0.15) is 25.1 Å². The Hall–Kier alpha value is -1.50. The summed E-state index contributed by atoms with van der Waals surface area (Å²) >= 11 is 0. The van der Waals surface area contributed by atoms with Gasteiger partial charge in [-0.3, -0.25) is 14.7 Å². The first kappa shape index (κ1) is 17.3. The van der Waals surface area contributed by atoms with E-state index in [1.807, 2.05) is 23.1 Å². The molecule has 2 aliphatic heterocycles. The number of nitrogens with zero attached hydrogens (tertiary/aromatic N) is 4. The van der Waals surface area contributed by atoms with E-state index in [1.54, 1.807) is 6.20 Å². The molecule has 2 fully saturated rings. The number of aromatic nitrogens is 1. The Morgan fingerprint density at radius 1 is 1.29 bits per heavy atom. The van der Waals surface area contributed by atoms with Crippen molar-refractivity contribution in [2.75, 3.05) is 52.9 Å². The fraction of sp³-hybridized carbons (Fsp3) is 0.667. The van der Waals surface area contributed by atoms with E-state index in [4.69, 9.17) is 0 Å². The highest BCUT2D eigenvalue weighted by Gasteiger charge is 2.37. The number of likely N-dealkylation sites (N-methyl/N-ethyl adjacent to an activating group) is 1. The average molecular weight is 331 g/mol. The zero-order valence-corrected chi connectivity index (χ0v) is 14.8. The number of amides is 1. The maximum atomic E-state index is 13.4. The first-order chi connectivity index (χ1) is 11.7. The van der Waals surface area contributed by atoms with Gasteiger partial charge in [-0.2, -0.15) is 0 Å².